The van der Waals surface area contributed by atoms with E-state index in [1.54, 1.807) is 16.7 Å². The average Bonchev–Trinajstić information content (AvgIpc) is 3.20. The number of rotatable bonds is 10. The van der Waals surface area contributed by atoms with Crippen LogP contribution in [0.4, 0.5) is 0 Å². The Balaban J connectivity index is 2.00. The summed E-state index contributed by atoms with van der Waals surface area (Å²) in [6, 6.07) is 14.3. The van der Waals surface area contributed by atoms with Crippen molar-refractivity contribution in [2.75, 3.05) is 20.3 Å². The molecule has 0 aliphatic rings. The van der Waals surface area contributed by atoms with E-state index in [9.17, 15) is 9.59 Å². The number of fused-ring (bicyclic) bond motifs is 1. The van der Waals surface area contributed by atoms with E-state index in [0.717, 1.165) is 23.1 Å². The number of nitrogens with zero attached hydrogens (tertiary/aromatic N) is 4. The first kappa shape index (κ1) is 24.4. The highest BCUT2D eigenvalue weighted by molar-refractivity contribution is 5.90. The maximum absolute atomic E-state index is 13.6. The highest BCUT2D eigenvalue weighted by Gasteiger charge is 2.34. The average molecular weight is 452 g/mol. The minimum atomic E-state index is -0.797. The fourth-order valence-corrected chi connectivity index (χ4v) is 3.68. The highest BCUT2D eigenvalue weighted by atomic mass is 16.5. The topological polar surface area (TPSA) is 89.4 Å². The lowest BCUT2D eigenvalue weighted by molar-refractivity contribution is -0.143. The summed E-state index contributed by atoms with van der Waals surface area (Å²) in [6.07, 6.45) is 0.760. The van der Waals surface area contributed by atoms with Gasteiger partial charge in [0.15, 0.2) is 0 Å². The molecule has 1 heterocycles. The standard InChI is InChI=1S/C25H33N5O3/c1-6-25(3,4)26-24(32)23(19-12-8-7-11-18(19)2)29(15-16-33-5)22(31)17-30-21-14-10-9-13-20(21)27-28-30/h7-14,23H,6,15-17H2,1-5H3,(H,26,32). The molecule has 2 aromatic carbocycles. The van der Waals surface area contributed by atoms with Gasteiger partial charge >= 0.3 is 0 Å². The first-order valence-corrected chi connectivity index (χ1v) is 11.2. The van der Waals surface area contributed by atoms with E-state index in [0.29, 0.717) is 12.1 Å². The molecule has 8 nitrogen and oxygen atoms in total. The van der Waals surface area contributed by atoms with Gasteiger partial charge in [-0.25, -0.2) is 4.68 Å². The summed E-state index contributed by atoms with van der Waals surface area (Å²) in [5, 5.41) is 11.4. The molecule has 0 aliphatic carbocycles. The van der Waals surface area contributed by atoms with Crippen molar-refractivity contribution in [2.24, 2.45) is 0 Å². The lowest BCUT2D eigenvalue weighted by Crippen LogP contribution is -2.51. The first-order valence-electron chi connectivity index (χ1n) is 11.2. The van der Waals surface area contributed by atoms with Gasteiger partial charge in [0.05, 0.1) is 12.1 Å². The van der Waals surface area contributed by atoms with Gasteiger partial charge in [-0.3, -0.25) is 9.59 Å². The Kier molecular flexibility index (Phi) is 7.81. The van der Waals surface area contributed by atoms with Gasteiger partial charge in [0.2, 0.25) is 11.8 Å². The Bertz CT molecular complexity index is 1110. The van der Waals surface area contributed by atoms with E-state index in [4.69, 9.17) is 4.74 Å². The molecule has 0 radical (unpaired) electrons. The van der Waals surface area contributed by atoms with Crippen LogP contribution >= 0.6 is 0 Å². The molecule has 0 aliphatic heterocycles. The number of ether oxygens (including phenoxy) is 1. The number of amides is 2. The second-order valence-corrected chi connectivity index (χ2v) is 8.80. The van der Waals surface area contributed by atoms with E-state index < -0.39 is 11.6 Å². The molecule has 33 heavy (non-hydrogen) atoms. The largest absolute Gasteiger partial charge is 0.383 e. The second-order valence-electron chi connectivity index (χ2n) is 8.80. The number of para-hydroxylation sites is 1. The van der Waals surface area contributed by atoms with Crippen molar-refractivity contribution in [2.45, 2.75) is 52.2 Å². The Hall–Kier alpha value is -3.26. The number of carbonyl (C=O) groups excluding carboxylic acids is 2. The third-order valence-corrected chi connectivity index (χ3v) is 5.95. The van der Waals surface area contributed by atoms with Gasteiger partial charge in [-0.2, -0.15) is 0 Å². The number of hydrogen-bond donors (Lipinski definition) is 1. The number of benzene rings is 2. The molecule has 176 valence electrons. The maximum Gasteiger partial charge on any atom is 0.247 e. The molecule has 0 bridgehead atoms. The summed E-state index contributed by atoms with van der Waals surface area (Å²) < 4.78 is 6.86. The van der Waals surface area contributed by atoms with Crippen LogP contribution < -0.4 is 5.32 Å². The molecule has 8 heteroatoms. The van der Waals surface area contributed by atoms with Gasteiger partial charge < -0.3 is 15.0 Å². The van der Waals surface area contributed by atoms with Crippen molar-refractivity contribution >= 4 is 22.8 Å². The van der Waals surface area contributed by atoms with E-state index in [1.807, 2.05) is 76.2 Å². The normalized spacial score (nSPS) is 12.5. The first-order chi connectivity index (χ1) is 15.8. The zero-order valence-electron chi connectivity index (χ0n) is 20.0. The molecule has 0 fully saturated rings. The van der Waals surface area contributed by atoms with Crippen LogP contribution in [-0.4, -0.2) is 57.5 Å². The summed E-state index contributed by atoms with van der Waals surface area (Å²) in [5.74, 6) is -0.454. The Morgan fingerprint density at radius 2 is 1.85 bits per heavy atom. The fourth-order valence-electron chi connectivity index (χ4n) is 3.68. The van der Waals surface area contributed by atoms with Crippen LogP contribution in [0.3, 0.4) is 0 Å². The lowest BCUT2D eigenvalue weighted by Gasteiger charge is -2.35. The molecule has 3 rings (SSSR count). The van der Waals surface area contributed by atoms with Gasteiger partial charge in [0.1, 0.15) is 18.1 Å². The van der Waals surface area contributed by atoms with Crippen LogP contribution in [0.1, 0.15) is 44.4 Å². The summed E-state index contributed by atoms with van der Waals surface area (Å²) in [7, 11) is 1.58. The molecular formula is C25H33N5O3. The van der Waals surface area contributed by atoms with Gasteiger partial charge in [-0.15, -0.1) is 5.10 Å². The van der Waals surface area contributed by atoms with Crippen molar-refractivity contribution in [3.63, 3.8) is 0 Å². The zero-order chi connectivity index (χ0) is 24.0. The van der Waals surface area contributed by atoms with Gasteiger partial charge in [0, 0.05) is 19.2 Å². The van der Waals surface area contributed by atoms with E-state index in [1.165, 1.54) is 0 Å². The Morgan fingerprint density at radius 3 is 2.55 bits per heavy atom. The third-order valence-electron chi connectivity index (χ3n) is 5.95. The monoisotopic (exact) mass is 451 g/mol. The zero-order valence-corrected chi connectivity index (χ0v) is 20.0. The van der Waals surface area contributed by atoms with E-state index >= 15 is 0 Å². The van der Waals surface area contributed by atoms with Crippen LogP contribution in [0.15, 0.2) is 48.5 Å². The molecule has 2 amide bonds. The number of carbonyl (C=O) groups is 2. The number of hydrogen-bond acceptors (Lipinski definition) is 5. The Labute approximate surface area is 194 Å². The van der Waals surface area contributed by atoms with Crippen LogP contribution in [0, 0.1) is 6.92 Å². The Morgan fingerprint density at radius 1 is 1.15 bits per heavy atom. The molecule has 1 N–H and O–H groups in total. The highest BCUT2D eigenvalue weighted by Crippen LogP contribution is 2.26. The van der Waals surface area contributed by atoms with Gasteiger partial charge in [-0.1, -0.05) is 48.5 Å². The molecule has 3 aromatic rings. The minimum Gasteiger partial charge on any atom is -0.383 e. The maximum atomic E-state index is 13.6. The fraction of sp³-hybridized carbons (Fsp3) is 0.440. The SMILES string of the molecule is CCC(C)(C)NC(=O)C(c1ccccc1C)N(CCOC)C(=O)Cn1nnc2ccccc21. The number of nitrogens with one attached hydrogen (secondary N) is 1. The molecule has 1 unspecified atom stereocenters. The van der Waals surface area contributed by atoms with Crippen LogP contribution in [0.5, 0.6) is 0 Å². The summed E-state index contributed by atoms with van der Waals surface area (Å²) >= 11 is 0. The predicted octanol–water partition coefficient (Wildman–Crippen LogP) is 3.26. The quantitative estimate of drug-likeness (QED) is 0.511. The summed E-state index contributed by atoms with van der Waals surface area (Å²) in [4.78, 5) is 28.8. The molecule has 1 atom stereocenters. The number of aromatic nitrogens is 3. The molecule has 0 saturated heterocycles. The van der Waals surface area contributed by atoms with Gasteiger partial charge in [-0.05, 0) is 50.5 Å². The van der Waals surface area contributed by atoms with E-state index in [2.05, 4.69) is 15.6 Å². The smallest absolute Gasteiger partial charge is 0.247 e. The molecule has 1 aromatic heterocycles. The van der Waals surface area contributed by atoms with Crippen molar-refractivity contribution < 1.29 is 14.3 Å². The van der Waals surface area contributed by atoms with Gasteiger partial charge in [0.25, 0.3) is 0 Å². The summed E-state index contributed by atoms with van der Waals surface area (Å²) in [6.45, 7) is 8.46. The van der Waals surface area contributed by atoms with E-state index in [-0.39, 0.29) is 24.9 Å². The van der Waals surface area contributed by atoms with Crippen LogP contribution in [0.25, 0.3) is 11.0 Å². The van der Waals surface area contributed by atoms with Crippen LogP contribution in [-0.2, 0) is 20.9 Å². The van der Waals surface area contributed by atoms with Crippen molar-refractivity contribution in [3.8, 4) is 0 Å². The third kappa shape index (κ3) is 5.76. The number of methoxy groups -OCH3 is 1. The van der Waals surface area contributed by atoms with Crippen molar-refractivity contribution in [3.05, 3.63) is 59.7 Å². The van der Waals surface area contributed by atoms with Crippen LogP contribution in [0.2, 0.25) is 0 Å². The lowest BCUT2D eigenvalue weighted by atomic mass is 9.96. The number of aryl methyl sites for hydroxylation is 1. The summed E-state index contributed by atoms with van der Waals surface area (Å²) in [5.41, 5.74) is 2.80. The molecule has 0 spiro atoms. The van der Waals surface area contributed by atoms with Crippen molar-refractivity contribution in [1.82, 2.24) is 25.2 Å². The van der Waals surface area contributed by atoms with Crippen molar-refractivity contribution in [1.29, 1.82) is 0 Å². The minimum absolute atomic E-state index is 0.0307. The second kappa shape index (κ2) is 10.6. The molecular weight excluding hydrogens is 418 g/mol. The molecule has 0 saturated carbocycles. The predicted molar refractivity (Wildman–Crippen MR) is 128 cm³/mol.